The van der Waals surface area contributed by atoms with E-state index in [2.05, 4.69) is 59.9 Å². The highest BCUT2D eigenvalue weighted by Gasteiger charge is 2.32. The molecule has 1 fully saturated rings. The number of rotatable bonds is 3. The average molecular weight is 440 g/mol. The summed E-state index contributed by atoms with van der Waals surface area (Å²) in [7, 11) is 0. The fourth-order valence-corrected chi connectivity index (χ4v) is 5.49. The molecule has 166 valence electrons. The number of aliphatic imine (C=N–C) groups is 2. The second-order valence-electron chi connectivity index (χ2n) is 8.65. The molecule has 1 amide bonds. The van der Waals surface area contributed by atoms with Crippen molar-refractivity contribution in [2.75, 3.05) is 32.7 Å². The van der Waals surface area contributed by atoms with Gasteiger partial charge in [-0.25, -0.2) is 9.98 Å². The number of carbonyl (C=O) groups is 1. The van der Waals surface area contributed by atoms with E-state index >= 15 is 0 Å². The van der Waals surface area contributed by atoms with Crippen molar-refractivity contribution < 1.29 is 4.79 Å². The van der Waals surface area contributed by atoms with Crippen LogP contribution < -0.4 is 10.6 Å². The second kappa shape index (κ2) is 10.5. The molecule has 3 heterocycles. The minimum atomic E-state index is -0.0268. The predicted molar refractivity (Wildman–Crippen MR) is 131 cm³/mol. The molecule has 2 atom stereocenters. The maximum Gasteiger partial charge on any atom is 0.236 e. The first kappa shape index (κ1) is 22.1. The van der Waals surface area contributed by atoms with Crippen LogP contribution in [0.15, 0.2) is 56.4 Å². The summed E-state index contributed by atoms with van der Waals surface area (Å²) in [6.45, 7) is 8.39. The first-order valence-electron chi connectivity index (χ1n) is 11.4. The third-order valence-corrected chi connectivity index (χ3v) is 7.30. The van der Waals surface area contributed by atoms with Gasteiger partial charge >= 0.3 is 0 Å². The topological polar surface area (TPSA) is 69.1 Å². The van der Waals surface area contributed by atoms with Gasteiger partial charge in [0, 0.05) is 43.7 Å². The van der Waals surface area contributed by atoms with Crippen molar-refractivity contribution in [1.82, 2.24) is 15.5 Å². The zero-order valence-corrected chi connectivity index (χ0v) is 19.3. The van der Waals surface area contributed by atoms with Crippen molar-refractivity contribution in [2.24, 2.45) is 15.9 Å². The molecule has 0 bridgehead atoms. The number of hydrogen-bond acceptors (Lipinski definition) is 6. The lowest BCUT2D eigenvalue weighted by Crippen LogP contribution is -2.49. The van der Waals surface area contributed by atoms with Gasteiger partial charge in [-0.3, -0.25) is 4.79 Å². The zero-order chi connectivity index (χ0) is 21.6. The van der Waals surface area contributed by atoms with E-state index in [1.165, 1.54) is 16.1 Å². The van der Waals surface area contributed by atoms with Gasteiger partial charge in [-0.15, -0.1) is 11.8 Å². The lowest BCUT2D eigenvalue weighted by Gasteiger charge is -2.29. The van der Waals surface area contributed by atoms with E-state index in [0.29, 0.717) is 18.4 Å². The first-order chi connectivity index (χ1) is 15.1. The summed E-state index contributed by atoms with van der Waals surface area (Å²) >= 11 is 1.70. The van der Waals surface area contributed by atoms with Crippen LogP contribution in [0.4, 0.5) is 0 Å². The van der Waals surface area contributed by atoms with Crippen LogP contribution in [0, 0.1) is 5.92 Å². The van der Waals surface area contributed by atoms with Crippen LogP contribution in [0.25, 0.3) is 0 Å². The molecule has 2 N–H and O–H groups in total. The molecule has 3 aliphatic heterocycles. The number of nitrogens with zero attached hydrogens (tertiary/aromatic N) is 3. The number of piperazine rings is 1. The van der Waals surface area contributed by atoms with E-state index < -0.39 is 0 Å². The Hall–Kier alpha value is -2.12. The Balaban J connectivity index is 1.43. The summed E-state index contributed by atoms with van der Waals surface area (Å²) in [6, 6.07) is 0.213. The molecule has 1 saturated heterocycles. The summed E-state index contributed by atoms with van der Waals surface area (Å²) in [5.41, 5.74) is 2.59. The van der Waals surface area contributed by atoms with E-state index in [1.807, 2.05) is 11.1 Å². The molecule has 7 heteroatoms. The minimum Gasteiger partial charge on any atom is -0.348 e. The molecule has 0 spiro atoms. The highest BCUT2D eigenvalue weighted by molar-refractivity contribution is 8.04. The van der Waals surface area contributed by atoms with Crippen molar-refractivity contribution in [3.63, 3.8) is 0 Å². The standard InChI is InChI=1S/C24H33N5OS/c1-17(2)18-6-5-7-20(14-18)28-24-26-9-4-3-8-21-19(16-27-24)15-22(31-21)23(30)29-12-10-25-11-13-29/h3,5-6,8-9,14,17,20,22,25H,4,7,10-13,15-16H2,1-2H3,(H,27,28)/b8-3-,26-9?. The third-order valence-electron chi connectivity index (χ3n) is 5.97. The van der Waals surface area contributed by atoms with Gasteiger partial charge in [-0.2, -0.15) is 0 Å². The Labute approximate surface area is 189 Å². The van der Waals surface area contributed by atoms with Gasteiger partial charge in [0.1, 0.15) is 0 Å². The number of guanidine groups is 1. The normalized spacial score (nSPS) is 27.6. The molecule has 0 aromatic heterocycles. The number of thioether (sulfide) groups is 1. The van der Waals surface area contributed by atoms with Gasteiger partial charge in [0.05, 0.1) is 17.8 Å². The molecule has 4 aliphatic rings. The van der Waals surface area contributed by atoms with Crippen molar-refractivity contribution in [3.8, 4) is 0 Å². The lowest BCUT2D eigenvalue weighted by molar-refractivity contribution is -0.131. The van der Waals surface area contributed by atoms with Gasteiger partial charge in [0.2, 0.25) is 11.9 Å². The van der Waals surface area contributed by atoms with Crippen LogP contribution in [-0.4, -0.2) is 67.0 Å². The summed E-state index contributed by atoms with van der Waals surface area (Å²) in [5.74, 6) is 1.46. The maximum absolute atomic E-state index is 13.0. The Morgan fingerprint density at radius 3 is 2.90 bits per heavy atom. The zero-order valence-electron chi connectivity index (χ0n) is 18.5. The molecule has 0 radical (unpaired) electrons. The molecular formula is C24H33N5OS. The lowest BCUT2D eigenvalue weighted by atomic mass is 9.95. The van der Waals surface area contributed by atoms with Crippen molar-refractivity contribution in [1.29, 1.82) is 0 Å². The fourth-order valence-electron chi connectivity index (χ4n) is 4.16. The van der Waals surface area contributed by atoms with E-state index in [1.54, 1.807) is 11.8 Å². The highest BCUT2D eigenvalue weighted by Crippen LogP contribution is 2.40. The smallest absolute Gasteiger partial charge is 0.236 e. The van der Waals surface area contributed by atoms with Crippen molar-refractivity contribution in [2.45, 2.75) is 44.4 Å². The second-order valence-corrected chi connectivity index (χ2v) is 9.90. The average Bonchev–Trinajstić information content (AvgIpc) is 3.20. The number of hydrogen-bond donors (Lipinski definition) is 2. The molecule has 6 nitrogen and oxygen atoms in total. The van der Waals surface area contributed by atoms with Crippen molar-refractivity contribution in [3.05, 3.63) is 46.4 Å². The molecule has 2 unspecified atom stereocenters. The molecule has 0 saturated carbocycles. The fraction of sp³-hybridized carbons (Fsp3) is 0.542. The van der Waals surface area contributed by atoms with Crippen molar-refractivity contribution >= 4 is 29.8 Å². The molecule has 1 aliphatic carbocycles. The molecule has 0 aromatic rings. The number of nitrogens with one attached hydrogen (secondary N) is 2. The summed E-state index contributed by atoms with van der Waals surface area (Å²) in [6.07, 6.45) is 15.4. The van der Waals surface area contributed by atoms with Crippen LogP contribution in [-0.2, 0) is 4.79 Å². The molecule has 0 aromatic carbocycles. The Bertz CT molecular complexity index is 861. The number of amides is 1. The Morgan fingerprint density at radius 2 is 2.10 bits per heavy atom. The van der Waals surface area contributed by atoms with Crippen LogP contribution in [0.5, 0.6) is 0 Å². The van der Waals surface area contributed by atoms with Gasteiger partial charge < -0.3 is 15.5 Å². The largest absolute Gasteiger partial charge is 0.348 e. The highest BCUT2D eigenvalue weighted by atomic mass is 32.2. The first-order valence-corrected chi connectivity index (χ1v) is 12.2. The SMILES string of the molecule is CC(C)C1=CC(NC2=NCC3=C(/C=C\CC=N2)SC(C(=O)N2CCNCC2)C3)CC=C1. The van der Waals surface area contributed by atoms with Crippen LogP contribution in [0.2, 0.25) is 0 Å². The maximum atomic E-state index is 13.0. The van der Waals surface area contributed by atoms with Gasteiger partial charge in [-0.05, 0) is 29.9 Å². The van der Waals surface area contributed by atoms with E-state index in [9.17, 15) is 4.79 Å². The summed E-state index contributed by atoms with van der Waals surface area (Å²) in [5, 5.41) is 6.80. The third kappa shape index (κ3) is 5.77. The molecule has 31 heavy (non-hydrogen) atoms. The number of allylic oxidation sites excluding steroid dienone is 4. The van der Waals surface area contributed by atoms with Gasteiger partial charge in [0.25, 0.3) is 0 Å². The van der Waals surface area contributed by atoms with Crippen LogP contribution in [0.3, 0.4) is 0 Å². The predicted octanol–water partition coefficient (Wildman–Crippen LogP) is 3.07. The van der Waals surface area contributed by atoms with E-state index in [-0.39, 0.29) is 17.2 Å². The van der Waals surface area contributed by atoms with Gasteiger partial charge in [0.15, 0.2) is 0 Å². The Kier molecular flexibility index (Phi) is 7.45. The van der Waals surface area contributed by atoms with Crippen LogP contribution >= 0.6 is 11.8 Å². The van der Waals surface area contributed by atoms with Crippen LogP contribution in [0.1, 0.15) is 33.1 Å². The number of carbonyl (C=O) groups excluding carboxylic acids is 1. The molecular weight excluding hydrogens is 406 g/mol. The van der Waals surface area contributed by atoms with E-state index in [4.69, 9.17) is 4.99 Å². The molecule has 4 rings (SSSR count). The summed E-state index contributed by atoms with van der Waals surface area (Å²) in [4.78, 5) is 25.6. The summed E-state index contributed by atoms with van der Waals surface area (Å²) < 4.78 is 0. The Morgan fingerprint density at radius 1 is 1.26 bits per heavy atom. The van der Waals surface area contributed by atoms with Gasteiger partial charge in [-0.1, -0.05) is 44.2 Å². The monoisotopic (exact) mass is 439 g/mol. The minimum absolute atomic E-state index is 0.0268. The quantitative estimate of drug-likeness (QED) is 0.709. The van der Waals surface area contributed by atoms with E-state index in [0.717, 1.165) is 45.4 Å².